The molecule has 0 aromatic heterocycles. The summed E-state index contributed by atoms with van der Waals surface area (Å²) >= 11 is 0. The molecule has 0 saturated heterocycles. The fourth-order valence-electron chi connectivity index (χ4n) is 6.92. The van der Waals surface area contributed by atoms with Crippen molar-refractivity contribution in [2.24, 2.45) is 0 Å². The Hall–Kier alpha value is -0.840. The van der Waals surface area contributed by atoms with Crippen LogP contribution in [-0.4, -0.2) is 276 Å². The van der Waals surface area contributed by atoms with Crippen molar-refractivity contribution in [3.05, 3.63) is 0 Å². The number of hydrogen-bond donors (Lipinski definition) is 1. The molecule has 0 radical (unpaired) electrons. The van der Waals surface area contributed by atoms with E-state index in [1.54, 1.807) is 0 Å². The molecule has 0 aliphatic carbocycles. The van der Waals surface area contributed by atoms with Crippen molar-refractivity contribution in [1.29, 1.82) is 0 Å². The second-order valence-electron chi connectivity index (χ2n) is 17.9. The number of aliphatic hydroxyl groups excluding tert-OH is 1. The maximum Gasteiger partial charge on any atom is 0.0701 e. The molecule has 0 amide bonds. The van der Waals surface area contributed by atoms with Crippen molar-refractivity contribution in [3.63, 3.8) is 0 Å². The Labute approximate surface area is 472 Å². The predicted octanol–water partition coefficient (Wildman–Crippen LogP) is 6.18. The summed E-state index contributed by atoms with van der Waals surface area (Å²) in [5, 5.41) is 8.61. The van der Waals surface area contributed by atoms with Gasteiger partial charge in [-0.3, -0.25) is 0 Å². The second kappa shape index (κ2) is 76.2. The second-order valence-corrected chi connectivity index (χ2v) is 17.9. The van der Waals surface area contributed by atoms with Gasteiger partial charge in [0, 0.05) is 6.61 Å². The molecule has 0 aromatic rings. The fraction of sp³-hybridized carbons (Fsp3) is 1.00. The molecule has 0 atom stereocenters. The van der Waals surface area contributed by atoms with Gasteiger partial charge in [-0.05, 0) is 6.42 Å². The van der Waals surface area contributed by atoms with Crippen molar-refractivity contribution >= 4 is 0 Å². The van der Waals surface area contributed by atoms with E-state index in [1.165, 1.54) is 89.9 Å². The van der Waals surface area contributed by atoms with Gasteiger partial charge in [0.2, 0.25) is 0 Å². The third kappa shape index (κ3) is 75.2. The summed E-state index contributed by atoms with van der Waals surface area (Å²) in [7, 11) is 0. The molecule has 21 nitrogen and oxygen atoms in total. The first-order chi connectivity index (χ1) is 38.9. The molecule has 0 bridgehead atoms. The zero-order valence-corrected chi connectivity index (χ0v) is 49.2. The van der Waals surface area contributed by atoms with Crippen molar-refractivity contribution in [1.82, 2.24) is 0 Å². The molecule has 0 unspecified atom stereocenters. The minimum atomic E-state index is 0.0202. The Bertz CT molecular complexity index is 939. The molecular formula is C57H116O21. The average Bonchev–Trinajstić information content (AvgIpc) is 3.45. The molecule has 0 saturated carbocycles. The van der Waals surface area contributed by atoms with Crippen LogP contribution in [0.2, 0.25) is 0 Å². The molecular weight excluding hydrogens is 1020 g/mol. The summed E-state index contributed by atoms with van der Waals surface area (Å²) < 4.78 is 110. The number of aliphatic hydroxyl groups is 1. The van der Waals surface area contributed by atoms with Crippen molar-refractivity contribution < 1.29 is 99.8 Å². The van der Waals surface area contributed by atoms with Crippen LogP contribution in [-0.2, 0) is 94.7 Å². The summed E-state index contributed by atoms with van der Waals surface area (Å²) in [5.41, 5.74) is 0. The maximum atomic E-state index is 8.61. The van der Waals surface area contributed by atoms with Gasteiger partial charge in [-0.2, -0.15) is 0 Å². The first-order valence-electron chi connectivity index (χ1n) is 30.1. The highest BCUT2D eigenvalue weighted by molar-refractivity contribution is 4.50. The third-order valence-corrected chi connectivity index (χ3v) is 11.2. The number of unbranched alkanes of at least 4 members (excludes halogenated alkanes) is 14. The van der Waals surface area contributed by atoms with Crippen molar-refractivity contribution in [3.8, 4) is 0 Å². The van der Waals surface area contributed by atoms with E-state index in [-0.39, 0.29) is 6.61 Å². The Morgan fingerprint density at radius 2 is 0.256 bits per heavy atom. The molecule has 78 heavy (non-hydrogen) atoms. The van der Waals surface area contributed by atoms with Crippen molar-refractivity contribution in [2.45, 2.75) is 103 Å². The number of hydrogen-bond acceptors (Lipinski definition) is 21. The van der Waals surface area contributed by atoms with Crippen LogP contribution in [0.1, 0.15) is 103 Å². The first-order valence-corrected chi connectivity index (χ1v) is 30.1. The normalized spacial score (nSPS) is 11.8. The molecule has 0 spiro atoms. The first kappa shape index (κ1) is 77.2. The van der Waals surface area contributed by atoms with Gasteiger partial charge in [-0.15, -0.1) is 0 Å². The lowest BCUT2D eigenvalue weighted by molar-refractivity contribution is -0.0315. The van der Waals surface area contributed by atoms with Crippen LogP contribution in [0.5, 0.6) is 0 Å². The molecule has 21 heteroatoms. The van der Waals surface area contributed by atoms with E-state index in [1.807, 2.05) is 0 Å². The summed E-state index contributed by atoms with van der Waals surface area (Å²) in [5.74, 6) is 0. The van der Waals surface area contributed by atoms with E-state index in [2.05, 4.69) is 6.92 Å². The van der Waals surface area contributed by atoms with Gasteiger partial charge in [0.15, 0.2) is 0 Å². The average molecular weight is 1140 g/mol. The van der Waals surface area contributed by atoms with Gasteiger partial charge in [-0.25, -0.2) is 0 Å². The van der Waals surface area contributed by atoms with Gasteiger partial charge >= 0.3 is 0 Å². The molecule has 1 N–H and O–H groups in total. The summed E-state index contributed by atoms with van der Waals surface area (Å²) in [4.78, 5) is 0. The van der Waals surface area contributed by atoms with E-state index in [4.69, 9.17) is 99.8 Å². The summed E-state index contributed by atoms with van der Waals surface area (Å²) in [6.45, 7) is 22.8. The van der Waals surface area contributed by atoms with E-state index < -0.39 is 0 Å². The largest absolute Gasteiger partial charge is 0.394 e. The molecule has 0 aliphatic heterocycles. The van der Waals surface area contributed by atoms with Crippen LogP contribution in [0.25, 0.3) is 0 Å². The Balaban J connectivity index is 3.08. The van der Waals surface area contributed by atoms with E-state index in [0.29, 0.717) is 258 Å². The standard InChI is InChI=1S/C57H116O21/c1-2-3-4-5-6-7-8-9-10-11-12-13-14-15-16-18-59-20-22-61-24-26-63-28-30-65-32-34-67-36-38-69-40-42-71-44-46-73-48-50-75-52-54-77-56-57-78-55-53-76-51-49-74-47-45-72-43-41-70-39-37-68-35-33-66-31-29-64-27-25-62-23-21-60-19-17-58/h58H,2-57H2,1H3. The SMILES string of the molecule is CCCCCCCCCCCCCCCCCOCCOCCOCCOCCOCCOCCOCCOCCOCCOCCOCCOCCOCCOCCOCCOCCOCCOCCOCCOCCO. The molecule has 0 aliphatic rings. The van der Waals surface area contributed by atoms with Crippen LogP contribution in [0, 0.1) is 0 Å². The van der Waals surface area contributed by atoms with Crippen LogP contribution in [0.3, 0.4) is 0 Å². The van der Waals surface area contributed by atoms with Gasteiger partial charge in [0.25, 0.3) is 0 Å². The van der Waals surface area contributed by atoms with Crippen molar-refractivity contribution in [2.75, 3.05) is 271 Å². The highest BCUT2D eigenvalue weighted by Crippen LogP contribution is 2.13. The van der Waals surface area contributed by atoms with E-state index in [0.717, 1.165) is 13.0 Å². The smallest absolute Gasteiger partial charge is 0.0701 e. The zero-order valence-electron chi connectivity index (χ0n) is 49.2. The Kier molecular flexibility index (Phi) is 75.3. The van der Waals surface area contributed by atoms with Crippen LogP contribution in [0.4, 0.5) is 0 Å². The number of ether oxygens (including phenoxy) is 20. The van der Waals surface area contributed by atoms with Gasteiger partial charge in [0.05, 0.1) is 264 Å². The quantitative estimate of drug-likeness (QED) is 0.0675. The minimum Gasteiger partial charge on any atom is -0.394 e. The van der Waals surface area contributed by atoms with E-state index in [9.17, 15) is 0 Å². The Morgan fingerprint density at radius 1 is 0.141 bits per heavy atom. The number of rotatable bonds is 75. The maximum absolute atomic E-state index is 8.61. The topological polar surface area (TPSA) is 205 Å². The van der Waals surface area contributed by atoms with Crippen LogP contribution in [0.15, 0.2) is 0 Å². The molecule has 0 heterocycles. The highest BCUT2D eigenvalue weighted by Gasteiger charge is 2.01. The molecule has 0 aromatic carbocycles. The zero-order chi connectivity index (χ0) is 55.7. The molecule has 0 rings (SSSR count). The molecule has 0 fully saturated rings. The van der Waals surface area contributed by atoms with Gasteiger partial charge < -0.3 is 99.8 Å². The highest BCUT2D eigenvalue weighted by atomic mass is 16.6. The minimum absolute atomic E-state index is 0.0202. The third-order valence-electron chi connectivity index (χ3n) is 11.2. The molecule has 470 valence electrons. The van der Waals surface area contributed by atoms with E-state index >= 15 is 0 Å². The summed E-state index contributed by atoms with van der Waals surface area (Å²) in [6, 6.07) is 0. The van der Waals surface area contributed by atoms with Crippen LogP contribution < -0.4 is 0 Å². The fourth-order valence-corrected chi connectivity index (χ4v) is 6.92. The summed E-state index contributed by atoms with van der Waals surface area (Å²) in [6.07, 6.45) is 20.6. The Morgan fingerprint density at radius 3 is 0.397 bits per heavy atom. The van der Waals surface area contributed by atoms with Gasteiger partial charge in [0.1, 0.15) is 0 Å². The lowest BCUT2D eigenvalue weighted by Crippen LogP contribution is -2.16. The predicted molar refractivity (Wildman–Crippen MR) is 298 cm³/mol. The van der Waals surface area contributed by atoms with Crippen LogP contribution >= 0.6 is 0 Å². The lowest BCUT2D eigenvalue weighted by Gasteiger charge is -2.09. The van der Waals surface area contributed by atoms with Gasteiger partial charge in [-0.1, -0.05) is 96.8 Å². The lowest BCUT2D eigenvalue weighted by atomic mass is 10.0. The monoisotopic (exact) mass is 1140 g/mol.